The highest BCUT2D eigenvalue weighted by Gasteiger charge is 2.30. The Morgan fingerprint density at radius 1 is 0.450 bits per heavy atom. The molecule has 6 aromatic carbocycles. The zero-order valence-corrected chi connectivity index (χ0v) is 22.5. The van der Waals surface area contributed by atoms with Gasteiger partial charge in [0, 0.05) is 43.1 Å². The summed E-state index contributed by atoms with van der Waals surface area (Å²) in [5.41, 5.74) is 5.01. The first-order valence-electron chi connectivity index (χ1n) is 13.4. The summed E-state index contributed by atoms with van der Waals surface area (Å²) in [5, 5.41) is 6.91. The van der Waals surface area contributed by atoms with Crippen LogP contribution in [0.5, 0.6) is 0 Å². The van der Waals surface area contributed by atoms with Gasteiger partial charge < -0.3 is 13.5 Å². The zero-order chi connectivity index (χ0) is 26.7. The molecule has 0 atom stereocenters. The van der Waals surface area contributed by atoms with Gasteiger partial charge in [-0.1, -0.05) is 97.1 Å². The molecule has 0 amide bonds. The fraction of sp³-hybridized carbons (Fsp3) is 0. The molecule has 3 nitrogen and oxygen atoms in total. The maximum Gasteiger partial charge on any atom is 0.171 e. The van der Waals surface area contributed by atoms with Crippen molar-refractivity contribution in [2.45, 2.75) is 0 Å². The number of nitrogens with zero attached hydrogens (tertiary/aromatic N) is 1. The standard InChI is InChI=1S/C36H24NO2P/c38-40(26-11-3-1-4-12-26,27-13-5-2-6-14-27)28-20-21-34-31(24-28)29-15-7-9-17-33(29)37(34)25-19-22-36-32(23-25)30-16-8-10-18-35(30)39-36/h1-24H. The Kier molecular flexibility index (Phi) is 5.10. The molecule has 0 fully saturated rings. The van der Waals surface area contributed by atoms with Crippen LogP contribution in [0.2, 0.25) is 0 Å². The second-order valence-electron chi connectivity index (χ2n) is 10.1. The van der Waals surface area contributed by atoms with Crippen LogP contribution in [-0.4, -0.2) is 4.57 Å². The van der Waals surface area contributed by atoms with Crippen LogP contribution in [0.25, 0.3) is 49.4 Å². The first-order valence-corrected chi connectivity index (χ1v) is 15.1. The summed E-state index contributed by atoms with van der Waals surface area (Å²) >= 11 is 0. The van der Waals surface area contributed by atoms with E-state index >= 15 is 4.57 Å². The molecule has 2 heterocycles. The van der Waals surface area contributed by atoms with Gasteiger partial charge in [-0.2, -0.15) is 0 Å². The predicted octanol–water partition coefficient (Wildman–Crippen LogP) is 8.32. The van der Waals surface area contributed by atoms with Gasteiger partial charge in [-0.05, 0) is 48.5 Å². The minimum absolute atomic E-state index is 0.830. The average molecular weight is 534 g/mol. The van der Waals surface area contributed by atoms with E-state index in [0.29, 0.717) is 0 Å². The maximum atomic E-state index is 15.1. The van der Waals surface area contributed by atoms with Crippen molar-refractivity contribution >= 4 is 66.8 Å². The third-order valence-corrected chi connectivity index (χ3v) is 10.9. The topological polar surface area (TPSA) is 35.1 Å². The summed E-state index contributed by atoms with van der Waals surface area (Å²) in [6, 6.07) is 49.0. The molecular formula is C36H24NO2P. The molecule has 0 spiro atoms. The maximum absolute atomic E-state index is 15.1. The summed E-state index contributed by atoms with van der Waals surface area (Å²) in [6.07, 6.45) is 0. The van der Waals surface area contributed by atoms with Gasteiger partial charge in [0.05, 0.1) is 11.0 Å². The number of para-hydroxylation sites is 2. The van der Waals surface area contributed by atoms with E-state index in [-0.39, 0.29) is 0 Å². The molecule has 0 saturated heterocycles. The molecule has 0 aliphatic rings. The summed E-state index contributed by atoms with van der Waals surface area (Å²) in [7, 11) is -3.09. The van der Waals surface area contributed by atoms with Crippen LogP contribution < -0.4 is 15.9 Å². The molecule has 0 radical (unpaired) electrons. The Balaban J connectivity index is 1.40. The highest BCUT2D eigenvalue weighted by Crippen LogP contribution is 2.44. The molecule has 40 heavy (non-hydrogen) atoms. The fourth-order valence-electron chi connectivity index (χ4n) is 6.01. The minimum Gasteiger partial charge on any atom is -0.456 e. The first kappa shape index (κ1) is 23.1. The van der Waals surface area contributed by atoms with Gasteiger partial charge >= 0.3 is 0 Å². The molecule has 0 saturated carbocycles. The smallest absolute Gasteiger partial charge is 0.171 e. The second kappa shape index (κ2) is 8.84. The number of hydrogen-bond acceptors (Lipinski definition) is 2. The van der Waals surface area contributed by atoms with E-state index in [4.69, 9.17) is 4.42 Å². The molecule has 0 aliphatic carbocycles. The first-order chi connectivity index (χ1) is 19.7. The Hall–Kier alpha value is -4.85. The Morgan fingerprint density at radius 3 is 1.80 bits per heavy atom. The normalized spacial score (nSPS) is 12.1. The van der Waals surface area contributed by atoms with Gasteiger partial charge in [0.25, 0.3) is 0 Å². The van der Waals surface area contributed by atoms with Crippen LogP contribution in [-0.2, 0) is 4.57 Å². The predicted molar refractivity (Wildman–Crippen MR) is 167 cm³/mol. The summed E-state index contributed by atoms with van der Waals surface area (Å²) in [6.45, 7) is 0. The van der Waals surface area contributed by atoms with Crippen LogP contribution in [0, 0.1) is 0 Å². The monoisotopic (exact) mass is 533 g/mol. The number of benzene rings is 6. The molecule has 0 unspecified atom stereocenters. The number of aromatic nitrogens is 1. The summed E-state index contributed by atoms with van der Waals surface area (Å²) < 4.78 is 23.5. The van der Waals surface area contributed by atoms with Gasteiger partial charge in [-0.3, -0.25) is 0 Å². The molecule has 8 aromatic rings. The largest absolute Gasteiger partial charge is 0.456 e. The van der Waals surface area contributed by atoms with Gasteiger partial charge in [-0.15, -0.1) is 0 Å². The van der Waals surface area contributed by atoms with Crippen molar-refractivity contribution in [2.24, 2.45) is 0 Å². The summed E-state index contributed by atoms with van der Waals surface area (Å²) in [4.78, 5) is 0. The van der Waals surface area contributed by atoms with E-state index in [9.17, 15) is 0 Å². The van der Waals surface area contributed by atoms with E-state index < -0.39 is 7.14 Å². The fourth-order valence-corrected chi connectivity index (χ4v) is 8.68. The SMILES string of the molecule is O=P(c1ccccc1)(c1ccccc1)c1ccc2c(c1)c1ccccc1n2-c1ccc2oc3ccccc3c2c1. The van der Waals surface area contributed by atoms with Gasteiger partial charge in [0.15, 0.2) is 7.14 Å². The van der Waals surface area contributed by atoms with E-state index in [0.717, 1.165) is 65.3 Å². The lowest BCUT2D eigenvalue weighted by atomic mass is 10.1. The van der Waals surface area contributed by atoms with Crippen molar-refractivity contribution in [3.8, 4) is 5.69 Å². The van der Waals surface area contributed by atoms with E-state index in [1.165, 1.54) is 0 Å². The van der Waals surface area contributed by atoms with Crippen LogP contribution in [0.15, 0.2) is 150 Å². The van der Waals surface area contributed by atoms with Crippen molar-refractivity contribution in [3.63, 3.8) is 0 Å². The van der Waals surface area contributed by atoms with Crippen molar-refractivity contribution < 1.29 is 8.98 Å². The minimum atomic E-state index is -3.09. The molecule has 2 aromatic heterocycles. The van der Waals surface area contributed by atoms with E-state index in [1.54, 1.807) is 0 Å². The van der Waals surface area contributed by atoms with E-state index in [1.807, 2.05) is 84.9 Å². The van der Waals surface area contributed by atoms with Crippen molar-refractivity contribution in [3.05, 3.63) is 146 Å². The van der Waals surface area contributed by atoms with Crippen molar-refractivity contribution in [1.29, 1.82) is 0 Å². The molecular weight excluding hydrogens is 509 g/mol. The number of furan rings is 1. The molecule has 0 bridgehead atoms. The lowest BCUT2D eigenvalue weighted by molar-refractivity contribution is 0.592. The number of fused-ring (bicyclic) bond motifs is 6. The molecule has 0 N–H and O–H groups in total. The highest BCUT2D eigenvalue weighted by molar-refractivity contribution is 7.85. The third kappa shape index (κ3) is 3.35. The molecule has 190 valence electrons. The van der Waals surface area contributed by atoms with Gasteiger partial charge in [-0.25, -0.2) is 0 Å². The third-order valence-electron chi connectivity index (χ3n) is 7.88. The Labute approximate surface area is 231 Å². The molecule has 0 aliphatic heterocycles. The summed E-state index contributed by atoms with van der Waals surface area (Å²) in [5.74, 6) is 0. The van der Waals surface area contributed by atoms with Crippen molar-refractivity contribution in [2.75, 3.05) is 0 Å². The second-order valence-corrected chi connectivity index (χ2v) is 12.9. The average Bonchev–Trinajstić information content (AvgIpc) is 3.56. The van der Waals surface area contributed by atoms with Crippen molar-refractivity contribution in [1.82, 2.24) is 4.57 Å². The highest BCUT2D eigenvalue weighted by atomic mass is 31.2. The molecule has 4 heteroatoms. The Morgan fingerprint density at radius 2 is 1.05 bits per heavy atom. The zero-order valence-electron chi connectivity index (χ0n) is 21.6. The van der Waals surface area contributed by atoms with E-state index in [2.05, 4.69) is 65.2 Å². The van der Waals surface area contributed by atoms with Gasteiger partial charge in [0.2, 0.25) is 0 Å². The quantitative estimate of drug-likeness (QED) is 0.213. The van der Waals surface area contributed by atoms with Crippen LogP contribution in [0.4, 0.5) is 0 Å². The van der Waals surface area contributed by atoms with Gasteiger partial charge in [0.1, 0.15) is 11.2 Å². The van der Waals surface area contributed by atoms with Crippen LogP contribution in [0.1, 0.15) is 0 Å². The molecule has 8 rings (SSSR count). The van der Waals surface area contributed by atoms with Crippen LogP contribution in [0.3, 0.4) is 0 Å². The lowest BCUT2D eigenvalue weighted by Crippen LogP contribution is -2.24. The van der Waals surface area contributed by atoms with Crippen LogP contribution >= 0.6 is 7.14 Å². The Bertz CT molecular complexity index is 2200. The number of rotatable bonds is 4. The lowest BCUT2D eigenvalue weighted by Gasteiger charge is -2.20. The number of hydrogen-bond donors (Lipinski definition) is 0.